The van der Waals surface area contributed by atoms with Crippen LogP contribution in [0.3, 0.4) is 0 Å². The van der Waals surface area contributed by atoms with Gasteiger partial charge >= 0.3 is 0 Å². The summed E-state index contributed by atoms with van der Waals surface area (Å²) in [7, 11) is 0. The molecule has 0 saturated carbocycles. The van der Waals surface area contributed by atoms with Gasteiger partial charge in [-0.15, -0.1) is 0 Å². The lowest BCUT2D eigenvalue weighted by atomic mass is 9.96. The van der Waals surface area contributed by atoms with Crippen LogP contribution in [0.4, 0.5) is 5.82 Å². The third-order valence-electron chi connectivity index (χ3n) is 4.51. The predicted octanol–water partition coefficient (Wildman–Crippen LogP) is 4.43. The second kappa shape index (κ2) is 6.36. The minimum Gasteiger partial charge on any atom is -0.504 e. The number of rotatable bonds is 2. The molecule has 4 aromatic rings. The molecule has 0 bridgehead atoms. The summed E-state index contributed by atoms with van der Waals surface area (Å²) in [5.74, 6) is -0.496. The number of aromatic nitrogens is 1. The summed E-state index contributed by atoms with van der Waals surface area (Å²) in [6.07, 6.45) is 0. The average Bonchev–Trinajstić information content (AvgIpc) is 2.69. The van der Waals surface area contributed by atoms with E-state index in [9.17, 15) is 15.5 Å². The molecular weight excluding hydrogens is 338 g/mol. The Balaban J connectivity index is 1.96. The van der Waals surface area contributed by atoms with Gasteiger partial charge in [0.2, 0.25) is 0 Å². The van der Waals surface area contributed by atoms with Gasteiger partial charge in [-0.3, -0.25) is 0 Å². The Hall–Kier alpha value is -4.04. The number of nitrogens with two attached hydrogens (primary N) is 1. The van der Waals surface area contributed by atoms with Gasteiger partial charge in [-0.25, -0.2) is 4.98 Å². The fraction of sp³-hybridized carbons (Fsp3) is 0. The summed E-state index contributed by atoms with van der Waals surface area (Å²) in [5.41, 5.74) is 8.34. The van der Waals surface area contributed by atoms with Crippen LogP contribution in [0.1, 0.15) is 5.56 Å². The van der Waals surface area contributed by atoms with Crippen LogP contribution in [0.5, 0.6) is 11.5 Å². The number of phenols is 2. The number of benzene rings is 3. The van der Waals surface area contributed by atoms with E-state index in [0.29, 0.717) is 16.8 Å². The maximum absolute atomic E-state index is 10.2. The van der Waals surface area contributed by atoms with E-state index in [2.05, 4.69) is 4.98 Å². The standard InChI is InChI=1S/C22H15N3O2/c23-12-18-17(16-6-3-7-20(26)21(16)27)11-19(25-22(18)24)15-9-8-13-4-1-2-5-14(13)10-15/h1-11,26-27H,(H2,24,25). The van der Waals surface area contributed by atoms with E-state index in [-0.39, 0.29) is 22.9 Å². The molecule has 5 heteroatoms. The van der Waals surface area contributed by atoms with E-state index >= 15 is 0 Å². The second-order valence-corrected chi connectivity index (χ2v) is 6.16. The maximum atomic E-state index is 10.2. The average molecular weight is 353 g/mol. The SMILES string of the molecule is N#Cc1c(-c2cccc(O)c2O)cc(-c2ccc3ccccc3c2)nc1N. The van der Waals surface area contributed by atoms with Crippen LogP contribution in [-0.2, 0) is 0 Å². The molecule has 0 amide bonds. The number of fused-ring (bicyclic) bond motifs is 1. The summed E-state index contributed by atoms with van der Waals surface area (Å²) in [6, 6.07) is 22.2. The van der Waals surface area contributed by atoms with E-state index in [1.807, 2.05) is 48.5 Å². The normalized spacial score (nSPS) is 10.6. The zero-order valence-electron chi connectivity index (χ0n) is 14.2. The highest BCUT2D eigenvalue weighted by atomic mass is 16.3. The van der Waals surface area contributed by atoms with E-state index < -0.39 is 0 Å². The number of aromatic hydroxyl groups is 2. The summed E-state index contributed by atoms with van der Waals surface area (Å²) in [4.78, 5) is 4.37. The molecule has 0 atom stereocenters. The van der Waals surface area contributed by atoms with Crippen molar-refractivity contribution in [1.29, 1.82) is 5.26 Å². The van der Waals surface area contributed by atoms with Gasteiger partial charge in [0, 0.05) is 16.7 Å². The highest BCUT2D eigenvalue weighted by Crippen LogP contribution is 2.40. The number of hydrogen-bond donors (Lipinski definition) is 3. The number of phenolic OH excluding ortho intramolecular Hbond substituents is 2. The summed E-state index contributed by atoms with van der Waals surface area (Å²) in [5, 5.41) is 31.7. The largest absolute Gasteiger partial charge is 0.504 e. The van der Waals surface area contributed by atoms with Crippen LogP contribution in [0.2, 0.25) is 0 Å². The zero-order valence-corrected chi connectivity index (χ0v) is 14.2. The minimum atomic E-state index is -0.302. The lowest BCUT2D eigenvalue weighted by Crippen LogP contribution is -2.00. The molecule has 0 unspecified atom stereocenters. The van der Waals surface area contributed by atoms with E-state index in [0.717, 1.165) is 16.3 Å². The van der Waals surface area contributed by atoms with Crippen molar-refractivity contribution in [2.45, 2.75) is 0 Å². The molecule has 0 spiro atoms. The quantitative estimate of drug-likeness (QED) is 0.462. The van der Waals surface area contributed by atoms with Crippen molar-refractivity contribution in [3.05, 3.63) is 72.3 Å². The van der Waals surface area contributed by atoms with Crippen molar-refractivity contribution in [3.63, 3.8) is 0 Å². The van der Waals surface area contributed by atoms with Crippen LogP contribution >= 0.6 is 0 Å². The van der Waals surface area contributed by atoms with Gasteiger partial charge in [-0.05, 0) is 29.0 Å². The van der Waals surface area contributed by atoms with E-state index in [1.165, 1.54) is 6.07 Å². The Kier molecular flexibility index (Phi) is 3.87. The molecule has 4 rings (SSSR count). The second-order valence-electron chi connectivity index (χ2n) is 6.16. The first-order chi connectivity index (χ1) is 13.1. The molecule has 0 fully saturated rings. The van der Waals surface area contributed by atoms with Crippen molar-refractivity contribution in [2.24, 2.45) is 0 Å². The Bertz CT molecular complexity index is 1230. The molecule has 130 valence electrons. The molecular formula is C22H15N3O2. The molecule has 0 aliphatic carbocycles. The highest BCUT2D eigenvalue weighted by Gasteiger charge is 2.17. The molecule has 1 heterocycles. The van der Waals surface area contributed by atoms with Crippen LogP contribution in [0, 0.1) is 11.3 Å². The number of hydrogen-bond acceptors (Lipinski definition) is 5. The Morgan fingerprint density at radius 3 is 2.41 bits per heavy atom. The number of nitrogens with zero attached hydrogens (tertiary/aromatic N) is 2. The number of nitrogen functional groups attached to an aromatic ring is 1. The van der Waals surface area contributed by atoms with Gasteiger partial charge in [-0.1, -0.05) is 48.5 Å². The van der Waals surface area contributed by atoms with Gasteiger partial charge in [0.25, 0.3) is 0 Å². The summed E-state index contributed by atoms with van der Waals surface area (Å²) >= 11 is 0. The van der Waals surface area contributed by atoms with Crippen molar-refractivity contribution in [3.8, 4) is 40.0 Å². The van der Waals surface area contributed by atoms with Crippen LogP contribution < -0.4 is 5.73 Å². The first-order valence-corrected chi connectivity index (χ1v) is 8.29. The van der Waals surface area contributed by atoms with E-state index in [1.54, 1.807) is 18.2 Å². The molecule has 1 aromatic heterocycles. The minimum absolute atomic E-state index is 0.0703. The summed E-state index contributed by atoms with van der Waals surface area (Å²) < 4.78 is 0. The van der Waals surface area contributed by atoms with E-state index in [4.69, 9.17) is 5.73 Å². The van der Waals surface area contributed by atoms with Crippen LogP contribution in [-0.4, -0.2) is 15.2 Å². The van der Waals surface area contributed by atoms with Gasteiger partial charge in [0.05, 0.1) is 5.69 Å². The topological polar surface area (TPSA) is 103 Å². The lowest BCUT2D eigenvalue weighted by Gasteiger charge is -2.12. The van der Waals surface area contributed by atoms with Gasteiger partial charge in [0.1, 0.15) is 17.5 Å². The van der Waals surface area contributed by atoms with Crippen molar-refractivity contribution >= 4 is 16.6 Å². The van der Waals surface area contributed by atoms with Crippen LogP contribution in [0.25, 0.3) is 33.2 Å². The molecule has 4 N–H and O–H groups in total. The fourth-order valence-electron chi connectivity index (χ4n) is 3.14. The number of pyridine rings is 1. The molecule has 0 saturated heterocycles. The third kappa shape index (κ3) is 2.79. The maximum Gasteiger partial charge on any atom is 0.165 e. The fourth-order valence-corrected chi connectivity index (χ4v) is 3.14. The molecule has 0 radical (unpaired) electrons. The molecule has 0 aliphatic heterocycles. The third-order valence-corrected chi connectivity index (χ3v) is 4.51. The predicted molar refractivity (Wildman–Crippen MR) is 105 cm³/mol. The molecule has 0 aliphatic rings. The van der Waals surface area contributed by atoms with Crippen molar-refractivity contribution < 1.29 is 10.2 Å². The Labute approximate surface area is 155 Å². The van der Waals surface area contributed by atoms with Gasteiger partial charge in [-0.2, -0.15) is 5.26 Å². The number of para-hydroxylation sites is 1. The Morgan fingerprint density at radius 2 is 1.63 bits per heavy atom. The number of anilines is 1. The first-order valence-electron chi connectivity index (χ1n) is 8.29. The first kappa shape index (κ1) is 16.4. The van der Waals surface area contributed by atoms with Gasteiger partial charge in [0.15, 0.2) is 11.5 Å². The number of nitriles is 1. The molecule has 27 heavy (non-hydrogen) atoms. The summed E-state index contributed by atoms with van der Waals surface area (Å²) in [6.45, 7) is 0. The smallest absolute Gasteiger partial charge is 0.165 e. The lowest BCUT2D eigenvalue weighted by molar-refractivity contribution is 0.405. The highest BCUT2D eigenvalue weighted by molar-refractivity contribution is 5.89. The zero-order chi connectivity index (χ0) is 19.0. The van der Waals surface area contributed by atoms with Crippen molar-refractivity contribution in [1.82, 2.24) is 4.98 Å². The Morgan fingerprint density at radius 1 is 0.852 bits per heavy atom. The van der Waals surface area contributed by atoms with Crippen molar-refractivity contribution in [2.75, 3.05) is 5.73 Å². The monoisotopic (exact) mass is 353 g/mol. The molecule has 3 aromatic carbocycles. The molecule has 5 nitrogen and oxygen atoms in total. The van der Waals surface area contributed by atoms with Crippen LogP contribution in [0.15, 0.2) is 66.7 Å². The van der Waals surface area contributed by atoms with Gasteiger partial charge < -0.3 is 15.9 Å².